The van der Waals surface area contributed by atoms with Gasteiger partial charge in [-0.15, -0.1) is 24.0 Å². The van der Waals surface area contributed by atoms with E-state index in [1.54, 1.807) is 0 Å². The zero-order valence-electron chi connectivity index (χ0n) is 18.5. The molecule has 0 spiro atoms. The highest BCUT2D eigenvalue weighted by atomic mass is 127. The lowest BCUT2D eigenvalue weighted by molar-refractivity contribution is 0.458. The SMILES string of the molecule is CCNC(=NCc1oc2ccccc2c1C)NC1CCN(c2cccc(C)n2)CC1.I. The minimum Gasteiger partial charge on any atom is -0.459 e. The molecule has 1 fully saturated rings. The fourth-order valence-corrected chi connectivity index (χ4v) is 4.00. The number of fused-ring (bicyclic) bond motifs is 1. The Morgan fingerprint density at radius 1 is 1.13 bits per heavy atom. The van der Waals surface area contributed by atoms with E-state index in [-0.39, 0.29) is 24.0 Å². The second kappa shape index (κ2) is 10.8. The van der Waals surface area contributed by atoms with Crippen LogP contribution in [0.1, 0.15) is 36.8 Å². The summed E-state index contributed by atoms with van der Waals surface area (Å²) in [5.41, 5.74) is 3.16. The Labute approximate surface area is 201 Å². The molecule has 0 amide bonds. The Kier molecular flexibility index (Phi) is 8.17. The highest BCUT2D eigenvalue weighted by Gasteiger charge is 2.21. The average molecular weight is 533 g/mol. The molecule has 3 heterocycles. The number of furan rings is 1. The number of hydrogen-bond acceptors (Lipinski definition) is 4. The minimum absolute atomic E-state index is 0. The minimum atomic E-state index is 0. The molecule has 166 valence electrons. The van der Waals surface area contributed by atoms with E-state index in [0.29, 0.717) is 12.6 Å². The van der Waals surface area contributed by atoms with Gasteiger partial charge in [0.2, 0.25) is 0 Å². The van der Waals surface area contributed by atoms with Gasteiger partial charge in [0, 0.05) is 42.3 Å². The number of guanidine groups is 1. The number of aryl methyl sites for hydroxylation is 2. The van der Waals surface area contributed by atoms with Crippen molar-refractivity contribution in [2.45, 2.75) is 46.2 Å². The molecule has 7 heteroatoms. The smallest absolute Gasteiger partial charge is 0.191 e. The van der Waals surface area contributed by atoms with E-state index in [1.807, 2.05) is 31.2 Å². The first-order valence-corrected chi connectivity index (χ1v) is 10.8. The fraction of sp³-hybridized carbons (Fsp3) is 0.417. The summed E-state index contributed by atoms with van der Waals surface area (Å²) in [6, 6.07) is 14.8. The van der Waals surface area contributed by atoms with Crippen LogP contribution in [0.25, 0.3) is 11.0 Å². The topological polar surface area (TPSA) is 65.7 Å². The van der Waals surface area contributed by atoms with Crippen molar-refractivity contribution in [1.29, 1.82) is 0 Å². The fourth-order valence-electron chi connectivity index (χ4n) is 4.00. The number of rotatable bonds is 5. The number of piperidine rings is 1. The van der Waals surface area contributed by atoms with Crippen molar-refractivity contribution in [2.75, 3.05) is 24.5 Å². The van der Waals surface area contributed by atoms with Gasteiger partial charge in [0.25, 0.3) is 0 Å². The van der Waals surface area contributed by atoms with Crippen molar-refractivity contribution in [2.24, 2.45) is 4.99 Å². The van der Waals surface area contributed by atoms with Crippen molar-refractivity contribution in [3.05, 3.63) is 59.5 Å². The standard InChI is InChI=1S/C24H31N5O.HI/c1-4-25-24(26-16-22-18(3)20-9-5-6-10-21(20)30-22)28-19-12-14-29(15-13-19)23-11-7-8-17(2)27-23;/h5-11,19H,4,12-16H2,1-3H3,(H2,25,26,28);1H. The highest BCUT2D eigenvalue weighted by molar-refractivity contribution is 14.0. The van der Waals surface area contributed by atoms with Crippen LogP contribution in [0.3, 0.4) is 0 Å². The second-order valence-corrected chi connectivity index (χ2v) is 7.88. The van der Waals surface area contributed by atoms with Gasteiger partial charge in [-0.05, 0) is 51.8 Å². The molecule has 3 aromatic rings. The molecule has 6 nitrogen and oxygen atoms in total. The molecule has 0 unspecified atom stereocenters. The quantitative estimate of drug-likeness (QED) is 0.281. The zero-order chi connectivity index (χ0) is 20.9. The van der Waals surface area contributed by atoms with Crippen LogP contribution in [-0.4, -0.2) is 36.6 Å². The van der Waals surface area contributed by atoms with Gasteiger partial charge in [0.15, 0.2) is 5.96 Å². The summed E-state index contributed by atoms with van der Waals surface area (Å²) in [4.78, 5) is 11.8. The summed E-state index contributed by atoms with van der Waals surface area (Å²) in [7, 11) is 0. The van der Waals surface area contributed by atoms with Crippen molar-refractivity contribution in [1.82, 2.24) is 15.6 Å². The predicted molar refractivity (Wildman–Crippen MR) is 139 cm³/mol. The Balaban J connectivity index is 0.00000272. The van der Waals surface area contributed by atoms with Gasteiger partial charge in [-0.1, -0.05) is 24.3 Å². The summed E-state index contributed by atoms with van der Waals surface area (Å²) in [6.07, 6.45) is 2.12. The molecule has 4 rings (SSSR count). The van der Waals surface area contributed by atoms with Gasteiger partial charge in [0.1, 0.15) is 23.7 Å². The van der Waals surface area contributed by atoms with Crippen molar-refractivity contribution < 1.29 is 4.42 Å². The van der Waals surface area contributed by atoms with Gasteiger partial charge < -0.3 is 20.0 Å². The van der Waals surface area contributed by atoms with E-state index in [9.17, 15) is 0 Å². The molecular formula is C24H32IN5O. The first kappa shape index (κ1) is 23.4. The number of nitrogens with zero attached hydrogens (tertiary/aromatic N) is 3. The number of pyridine rings is 1. The van der Waals surface area contributed by atoms with Gasteiger partial charge in [-0.25, -0.2) is 9.98 Å². The molecule has 2 aromatic heterocycles. The van der Waals surface area contributed by atoms with Crippen LogP contribution < -0.4 is 15.5 Å². The predicted octanol–water partition coefficient (Wildman–Crippen LogP) is 4.79. The summed E-state index contributed by atoms with van der Waals surface area (Å²) in [5.74, 6) is 2.85. The third kappa shape index (κ3) is 5.70. The van der Waals surface area contributed by atoms with Crippen LogP contribution in [0, 0.1) is 13.8 Å². The van der Waals surface area contributed by atoms with E-state index in [0.717, 1.165) is 66.7 Å². The van der Waals surface area contributed by atoms with Crippen LogP contribution in [0.5, 0.6) is 0 Å². The Morgan fingerprint density at radius 3 is 2.61 bits per heavy atom. The van der Waals surface area contributed by atoms with Crippen LogP contribution in [0.2, 0.25) is 0 Å². The molecule has 1 aliphatic rings. The van der Waals surface area contributed by atoms with E-state index >= 15 is 0 Å². The number of benzene rings is 1. The third-order valence-electron chi connectivity index (χ3n) is 5.70. The molecule has 1 saturated heterocycles. The number of aromatic nitrogens is 1. The van der Waals surface area contributed by atoms with E-state index in [4.69, 9.17) is 9.41 Å². The molecule has 0 saturated carbocycles. The Bertz CT molecular complexity index is 1020. The first-order chi connectivity index (χ1) is 14.6. The summed E-state index contributed by atoms with van der Waals surface area (Å²) in [5, 5.41) is 8.15. The van der Waals surface area contributed by atoms with Crippen LogP contribution in [-0.2, 0) is 6.54 Å². The van der Waals surface area contributed by atoms with Crippen molar-refractivity contribution in [3.8, 4) is 0 Å². The second-order valence-electron chi connectivity index (χ2n) is 7.88. The molecule has 2 N–H and O–H groups in total. The normalized spacial score (nSPS) is 15.1. The number of anilines is 1. The zero-order valence-corrected chi connectivity index (χ0v) is 20.8. The van der Waals surface area contributed by atoms with Crippen LogP contribution in [0.15, 0.2) is 51.9 Å². The number of aliphatic imine (C=N–C) groups is 1. The van der Waals surface area contributed by atoms with Gasteiger partial charge in [-0.3, -0.25) is 0 Å². The van der Waals surface area contributed by atoms with Crippen LogP contribution in [0.4, 0.5) is 5.82 Å². The number of nitrogens with one attached hydrogen (secondary N) is 2. The molecule has 0 aliphatic carbocycles. The molecule has 0 atom stereocenters. The lowest BCUT2D eigenvalue weighted by Crippen LogP contribution is -2.48. The van der Waals surface area contributed by atoms with Gasteiger partial charge in [0.05, 0.1) is 0 Å². The maximum absolute atomic E-state index is 6.01. The lowest BCUT2D eigenvalue weighted by atomic mass is 10.1. The maximum Gasteiger partial charge on any atom is 0.191 e. The molecule has 0 radical (unpaired) electrons. The third-order valence-corrected chi connectivity index (χ3v) is 5.70. The Morgan fingerprint density at radius 2 is 1.90 bits per heavy atom. The highest BCUT2D eigenvalue weighted by Crippen LogP contribution is 2.25. The van der Waals surface area contributed by atoms with Crippen molar-refractivity contribution >= 4 is 46.7 Å². The van der Waals surface area contributed by atoms with E-state index < -0.39 is 0 Å². The van der Waals surface area contributed by atoms with Crippen LogP contribution >= 0.6 is 24.0 Å². The monoisotopic (exact) mass is 533 g/mol. The number of hydrogen-bond donors (Lipinski definition) is 2. The molecule has 31 heavy (non-hydrogen) atoms. The van der Waals surface area contributed by atoms with E-state index in [2.05, 4.69) is 52.6 Å². The molecule has 0 bridgehead atoms. The molecule has 1 aliphatic heterocycles. The number of para-hydroxylation sites is 1. The Hall–Kier alpha value is -2.29. The average Bonchev–Trinajstić information content (AvgIpc) is 3.08. The molecule has 1 aromatic carbocycles. The van der Waals surface area contributed by atoms with Gasteiger partial charge in [-0.2, -0.15) is 0 Å². The summed E-state index contributed by atoms with van der Waals surface area (Å²) >= 11 is 0. The largest absolute Gasteiger partial charge is 0.459 e. The van der Waals surface area contributed by atoms with Crippen molar-refractivity contribution in [3.63, 3.8) is 0 Å². The lowest BCUT2D eigenvalue weighted by Gasteiger charge is -2.34. The summed E-state index contributed by atoms with van der Waals surface area (Å²) in [6.45, 7) is 9.59. The number of halogens is 1. The summed E-state index contributed by atoms with van der Waals surface area (Å²) < 4.78 is 6.01. The first-order valence-electron chi connectivity index (χ1n) is 10.8. The maximum atomic E-state index is 6.01. The molecular weight excluding hydrogens is 501 g/mol. The van der Waals surface area contributed by atoms with E-state index in [1.165, 1.54) is 5.56 Å². The van der Waals surface area contributed by atoms with Gasteiger partial charge >= 0.3 is 0 Å².